The minimum absolute atomic E-state index is 0.0417. The van der Waals surface area contributed by atoms with Gasteiger partial charge >= 0.3 is 16.0 Å². The number of rotatable bonds is 0. The third-order valence-corrected chi connectivity index (χ3v) is 1.05. The summed E-state index contributed by atoms with van der Waals surface area (Å²) in [6, 6.07) is 6.75. The van der Waals surface area contributed by atoms with E-state index in [1.807, 2.05) is 0 Å². The number of benzene rings is 1. The van der Waals surface area contributed by atoms with Crippen molar-refractivity contribution in [3.05, 3.63) is 35.1 Å². The summed E-state index contributed by atoms with van der Waals surface area (Å²) >= 11 is 11.7. The van der Waals surface area contributed by atoms with Crippen LogP contribution in [0.1, 0.15) is 0 Å². The minimum Gasteiger partial charge on any atom is -0.280 e. The molecule has 0 unspecified atom stereocenters. The van der Waals surface area contributed by atoms with Crippen molar-refractivity contribution in [3.63, 3.8) is 0 Å². The second-order valence-electron chi connectivity index (χ2n) is 1.44. The molecule has 0 aliphatic rings. The van der Waals surface area contributed by atoms with Crippen LogP contribution in [0.15, 0.2) is 18.2 Å². The zero-order chi connectivity index (χ0) is 8.69. The fourth-order valence-electron chi connectivity index (χ4n) is 0.391. The molecule has 1 radical (unpaired) electrons. The van der Waals surface area contributed by atoms with Crippen LogP contribution in [0, 0.1) is 11.9 Å². The highest BCUT2D eigenvalue weighted by atomic mass is 79.9. The third-order valence-electron chi connectivity index (χ3n) is 0.764. The number of hydrogen-bond donors (Lipinski definition) is 0. The summed E-state index contributed by atoms with van der Waals surface area (Å²) in [5, 5.41) is 0.118. The van der Waals surface area contributed by atoms with Gasteiger partial charge in [-0.05, 0) is 18.2 Å². The molecule has 0 saturated heterocycles. The van der Waals surface area contributed by atoms with Gasteiger partial charge in [-0.1, -0.05) is 17.7 Å². The molecule has 0 aliphatic carbocycles. The Morgan fingerprint density at radius 3 is 2.36 bits per heavy atom. The summed E-state index contributed by atoms with van der Waals surface area (Å²) in [5.74, 6) is -0.398. The van der Waals surface area contributed by atoms with E-state index in [0.29, 0.717) is 0 Å². The van der Waals surface area contributed by atoms with E-state index in [-0.39, 0.29) is 21.0 Å². The molecule has 0 spiro atoms. The first-order valence-electron chi connectivity index (χ1n) is 2.65. The molecule has 0 saturated carbocycles. The fourth-order valence-corrected chi connectivity index (χ4v) is 0.517. The second kappa shape index (κ2) is 7.80. The summed E-state index contributed by atoms with van der Waals surface area (Å²) in [5.41, 5.74) is 0. The molecular weight excluding hydrogens is 311 g/mol. The lowest BCUT2D eigenvalue weighted by molar-refractivity contribution is 0.628. The molecule has 5 heteroatoms. The molecule has 0 nitrogen and oxygen atoms in total. The van der Waals surface area contributed by atoms with Crippen LogP contribution in [0.3, 0.4) is 0 Å². The fraction of sp³-hybridized carbons (Fsp3) is 0. The SMILES string of the molecule is Fc1cc[c]cc1Cl.[Br][Mg][Br]. The van der Waals surface area contributed by atoms with Crippen LogP contribution >= 0.6 is 37.4 Å². The molecule has 0 bridgehead atoms. The summed E-state index contributed by atoms with van der Waals surface area (Å²) < 4.78 is 12.2. The maximum absolute atomic E-state index is 12.2. The van der Waals surface area contributed by atoms with Gasteiger partial charge in [-0.3, -0.25) is 25.8 Å². The van der Waals surface area contributed by atoms with Gasteiger partial charge in [0.05, 0.1) is 5.02 Å². The van der Waals surface area contributed by atoms with E-state index in [1.165, 1.54) is 18.2 Å². The van der Waals surface area contributed by atoms with Crippen LogP contribution in [-0.4, -0.2) is 16.0 Å². The van der Waals surface area contributed by atoms with Gasteiger partial charge in [0, 0.05) is 0 Å². The van der Waals surface area contributed by atoms with E-state index in [4.69, 9.17) is 11.6 Å². The molecule has 0 heterocycles. The average molecular weight is 314 g/mol. The van der Waals surface area contributed by atoms with Crippen molar-refractivity contribution in [1.29, 1.82) is 0 Å². The Morgan fingerprint density at radius 1 is 1.55 bits per heavy atom. The van der Waals surface area contributed by atoms with E-state index in [1.54, 1.807) is 0 Å². The first-order valence-corrected chi connectivity index (χ1v) is 10.8. The second-order valence-corrected chi connectivity index (χ2v) is 9.93. The highest BCUT2D eigenvalue weighted by molar-refractivity contribution is 9.47. The molecule has 0 fully saturated rings. The summed E-state index contributed by atoms with van der Waals surface area (Å²) in [6.45, 7) is 0. The van der Waals surface area contributed by atoms with Crippen LogP contribution < -0.4 is 0 Å². The molecule has 1 aromatic rings. The van der Waals surface area contributed by atoms with E-state index in [9.17, 15) is 4.39 Å². The number of hydrogen-bond acceptors (Lipinski definition) is 0. The molecule has 1 rings (SSSR count). The Hall–Kier alpha value is 1.17. The molecule has 57 valence electrons. The molecular formula is C6H3Br2ClFMg. The molecule has 0 aliphatic heterocycles. The van der Waals surface area contributed by atoms with Crippen LogP contribution in [-0.2, 0) is 0 Å². The molecule has 0 amide bonds. The van der Waals surface area contributed by atoms with Gasteiger partial charge in [-0.15, -0.1) is 0 Å². The zero-order valence-corrected chi connectivity index (χ0v) is 10.8. The lowest BCUT2D eigenvalue weighted by Crippen LogP contribution is -1.70. The summed E-state index contributed by atoms with van der Waals surface area (Å²) in [4.78, 5) is 0. The van der Waals surface area contributed by atoms with Crippen molar-refractivity contribution in [2.24, 2.45) is 0 Å². The monoisotopic (exact) mass is 311 g/mol. The van der Waals surface area contributed by atoms with Gasteiger partial charge in [-0.25, -0.2) is 4.39 Å². The first-order chi connectivity index (χ1) is 5.22. The normalized spacial score (nSPS) is 7.64. The quantitative estimate of drug-likeness (QED) is 0.642. The molecule has 0 N–H and O–H groups in total. The van der Waals surface area contributed by atoms with E-state index in [2.05, 4.69) is 31.8 Å². The van der Waals surface area contributed by atoms with Gasteiger partial charge in [-0.2, -0.15) is 0 Å². The van der Waals surface area contributed by atoms with Gasteiger partial charge in [0.1, 0.15) is 5.82 Å². The van der Waals surface area contributed by atoms with Crippen molar-refractivity contribution in [2.75, 3.05) is 0 Å². The lowest BCUT2D eigenvalue weighted by atomic mass is 10.4. The Labute approximate surface area is 92.0 Å². The van der Waals surface area contributed by atoms with Gasteiger partial charge in [0.15, 0.2) is 0 Å². The minimum atomic E-state index is -0.398. The maximum atomic E-state index is 12.2. The van der Waals surface area contributed by atoms with E-state index >= 15 is 0 Å². The van der Waals surface area contributed by atoms with Crippen LogP contribution in [0.25, 0.3) is 0 Å². The average Bonchev–Trinajstić information content (AvgIpc) is 1.97. The van der Waals surface area contributed by atoms with E-state index in [0.717, 1.165) is 0 Å². The van der Waals surface area contributed by atoms with E-state index < -0.39 is 5.82 Å². The molecule has 0 atom stereocenters. The largest absolute Gasteiger partial charge is 0.560 e. The Kier molecular flexibility index (Phi) is 8.62. The molecule has 1 aromatic carbocycles. The van der Waals surface area contributed by atoms with Crippen LogP contribution in [0.4, 0.5) is 4.39 Å². The zero-order valence-electron chi connectivity index (χ0n) is 5.45. The van der Waals surface area contributed by atoms with Gasteiger partial charge < -0.3 is 0 Å². The lowest BCUT2D eigenvalue weighted by Gasteiger charge is -1.86. The smallest absolute Gasteiger partial charge is 0.280 e. The van der Waals surface area contributed by atoms with Crippen LogP contribution in [0.2, 0.25) is 5.02 Å². The highest BCUT2D eigenvalue weighted by Crippen LogP contribution is 2.10. The summed E-state index contributed by atoms with van der Waals surface area (Å²) in [6.07, 6.45) is 0. The van der Waals surface area contributed by atoms with Crippen molar-refractivity contribution in [3.8, 4) is 0 Å². The van der Waals surface area contributed by atoms with Crippen molar-refractivity contribution >= 4 is 53.4 Å². The van der Waals surface area contributed by atoms with Crippen LogP contribution in [0.5, 0.6) is 0 Å². The molecule has 11 heavy (non-hydrogen) atoms. The molecule has 0 aromatic heterocycles. The predicted octanol–water partition coefficient (Wildman–Crippen LogP) is 3.59. The topological polar surface area (TPSA) is 0 Å². The third kappa shape index (κ3) is 6.34. The Balaban J connectivity index is 0.000000292. The van der Waals surface area contributed by atoms with Crippen molar-refractivity contribution in [1.82, 2.24) is 0 Å². The number of halogens is 4. The van der Waals surface area contributed by atoms with Crippen molar-refractivity contribution < 1.29 is 4.39 Å². The summed E-state index contributed by atoms with van der Waals surface area (Å²) in [7, 11) is 0. The Bertz CT molecular complexity index is 189. The highest BCUT2D eigenvalue weighted by Gasteiger charge is 1.91. The maximum Gasteiger partial charge on any atom is 0.560 e. The van der Waals surface area contributed by atoms with Gasteiger partial charge in [0.2, 0.25) is 0 Å². The predicted molar refractivity (Wildman–Crippen MR) is 53.9 cm³/mol. The standard InChI is InChI=1S/C6H3ClF.2BrH.Mg/c7-5-3-1-2-4-6(5)8;;;/h2-4H;2*1H;/q;;;+2/p-2. The van der Waals surface area contributed by atoms with Crippen molar-refractivity contribution in [2.45, 2.75) is 0 Å². The first kappa shape index (κ1) is 12.2. The Morgan fingerprint density at radius 2 is 2.09 bits per heavy atom. The van der Waals surface area contributed by atoms with Gasteiger partial charge in [0.25, 0.3) is 0 Å².